The number of imidazole rings is 1. The number of nitrogens with zero attached hydrogens (tertiary/aromatic N) is 2. The van der Waals surface area contributed by atoms with Crippen molar-refractivity contribution in [1.82, 2.24) is 14.9 Å². The van der Waals surface area contributed by atoms with Crippen LogP contribution < -0.4 is 5.32 Å². The van der Waals surface area contributed by atoms with Gasteiger partial charge in [0.15, 0.2) is 0 Å². The van der Waals surface area contributed by atoms with Gasteiger partial charge >= 0.3 is 0 Å². The zero-order valence-corrected chi connectivity index (χ0v) is 12.4. The standard InChI is InChI=1S/C14H15Cl2N3O/c15-11-3-4-13(16)12(9-11)14(20)18-5-1-2-7-19-8-6-17-10-19/h3-4,6,8-10H,1-2,5,7H2,(H,18,20). The lowest BCUT2D eigenvalue weighted by Crippen LogP contribution is -2.24. The second-order valence-corrected chi connectivity index (χ2v) is 5.23. The maximum atomic E-state index is 11.9. The maximum absolute atomic E-state index is 11.9. The maximum Gasteiger partial charge on any atom is 0.252 e. The third kappa shape index (κ3) is 4.25. The Kier molecular flexibility index (Phi) is 5.44. The number of nitrogens with one attached hydrogen (secondary N) is 1. The van der Waals surface area contributed by atoms with E-state index in [1.807, 2.05) is 10.8 Å². The Bertz CT molecular complexity index is 570. The lowest BCUT2D eigenvalue weighted by molar-refractivity contribution is 0.0953. The van der Waals surface area contributed by atoms with Gasteiger partial charge in [0.1, 0.15) is 0 Å². The summed E-state index contributed by atoms with van der Waals surface area (Å²) >= 11 is 11.8. The van der Waals surface area contributed by atoms with E-state index in [2.05, 4.69) is 10.3 Å². The molecule has 0 aliphatic rings. The summed E-state index contributed by atoms with van der Waals surface area (Å²) in [4.78, 5) is 15.9. The molecule has 1 aromatic heterocycles. The Morgan fingerprint density at radius 2 is 2.15 bits per heavy atom. The first-order valence-electron chi connectivity index (χ1n) is 6.36. The van der Waals surface area contributed by atoms with Crippen molar-refractivity contribution < 1.29 is 4.79 Å². The van der Waals surface area contributed by atoms with Crippen molar-refractivity contribution in [1.29, 1.82) is 0 Å². The fourth-order valence-corrected chi connectivity index (χ4v) is 2.18. The molecule has 106 valence electrons. The van der Waals surface area contributed by atoms with Crippen LogP contribution in [-0.4, -0.2) is 22.0 Å². The van der Waals surface area contributed by atoms with Gasteiger partial charge in [-0.05, 0) is 31.0 Å². The molecule has 20 heavy (non-hydrogen) atoms. The van der Waals surface area contributed by atoms with Crippen LogP contribution in [0.1, 0.15) is 23.2 Å². The molecule has 1 N–H and O–H groups in total. The van der Waals surface area contributed by atoms with Crippen molar-refractivity contribution in [3.63, 3.8) is 0 Å². The topological polar surface area (TPSA) is 46.9 Å². The van der Waals surface area contributed by atoms with E-state index in [0.29, 0.717) is 22.2 Å². The average molecular weight is 312 g/mol. The number of unbranched alkanes of at least 4 members (excludes halogenated alkanes) is 1. The van der Waals surface area contributed by atoms with Gasteiger partial charge in [0.2, 0.25) is 0 Å². The van der Waals surface area contributed by atoms with E-state index in [9.17, 15) is 4.79 Å². The van der Waals surface area contributed by atoms with Crippen molar-refractivity contribution in [3.05, 3.63) is 52.5 Å². The summed E-state index contributed by atoms with van der Waals surface area (Å²) in [5, 5.41) is 3.75. The predicted molar refractivity (Wildman–Crippen MR) is 80.3 cm³/mol. The first kappa shape index (κ1) is 14.9. The summed E-state index contributed by atoms with van der Waals surface area (Å²) in [5.41, 5.74) is 0.411. The van der Waals surface area contributed by atoms with Gasteiger partial charge in [0.05, 0.1) is 16.9 Å². The lowest BCUT2D eigenvalue weighted by Gasteiger charge is -2.07. The normalized spacial score (nSPS) is 10.5. The van der Waals surface area contributed by atoms with Crippen LogP contribution >= 0.6 is 23.2 Å². The smallest absolute Gasteiger partial charge is 0.252 e. The van der Waals surface area contributed by atoms with Crippen molar-refractivity contribution in [3.8, 4) is 0 Å². The number of aromatic nitrogens is 2. The number of carbonyl (C=O) groups excluding carboxylic acids is 1. The molecule has 0 radical (unpaired) electrons. The monoisotopic (exact) mass is 311 g/mol. The third-order valence-corrected chi connectivity index (χ3v) is 3.43. The van der Waals surface area contributed by atoms with E-state index in [-0.39, 0.29) is 5.91 Å². The second kappa shape index (κ2) is 7.31. The molecule has 0 unspecified atom stereocenters. The number of halogens is 2. The molecule has 0 spiro atoms. The molecule has 0 aliphatic heterocycles. The fourth-order valence-electron chi connectivity index (χ4n) is 1.81. The number of carbonyl (C=O) groups is 1. The molecule has 0 saturated heterocycles. The summed E-state index contributed by atoms with van der Waals surface area (Å²) in [6, 6.07) is 4.86. The van der Waals surface area contributed by atoms with Gasteiger partial charge in [0.25, 0.3) is 5.91 Å². The molecular formula is C14H15Cl2N3O. The van der Waals surface area contributed by atoms with Crippen molar-refractivity contribution in [2.75, 3.05) is 6.54 Å². The van der Waals surface area contributed by atoms with Gasteiger partial charge in [-0.2, -0.15) is 0 Å². The van der Waals surface area contributed by atoms with Gasteiger partial charge in [-0.1, -0.05) is 23.2 Å². The minimum Gasteiger partial charge on any atom is -0.352 e. The molecule has 1 heterocycles. The molecule has 4 nitrogen and oxygen atoms in total. The summed E-state index contributed by atoms with van der Waals surface area (Å²) in [6.45, 7) is 1.50. The van der Waals surface area contributed by atoms with Gasteiger partial charge in [-0.3, -0.25) is 4.79 Å². The van der Waals surface area contributed by atoms with E-state index < -0.39 is 0 Å². The Morgan fingerprint density at radius 1 is 1.30 bits per heavy atom. The SMILES string of the molecule is O=C(NCCCCn1ccnc1)c1cc(Cl)ccc1Cl. The Labute approximate surface area is 127 Å². The summed E-state index contributed by atoms with van der Waals surface area (Å²) in [6.07, 6.45) is 7.32. The Balaban J connectivity index is 1.73. The highest BCUT2D eigenvalue weighted by Gasteiger charge is 2.10. The van der Waals surface area contributed by atoms with Crippen LogP contribution in [0.5, 0.6) is 0 Å². The highest BCUT2D eigenvalue weighted by atomic mass is 35.5. The molecule has 6 heteroatoms. The first-order valence-corrected chi connectivity index (χ1v) is 7.11. The minimum absolute atomic E-state index is 0.194. The highest BCUT2D eigenvalue weighted by Crippen LogP contribution is 2.20. The minimum atomic E-state index is -0.194. The quantitative estimate of drug-likeness (QED) is 0.831. The van der Waals surface area contributed by atoms with Crippen LogP contribution in [-0.2, 0) is 6.54 Å². The molecule has 0 saturated carbocycles. The van der Waals surface area contributed by atoms with Crippen LogP contribution in [0, 0.1) is 0 Å². The summed E-state index contributed by atoms with van der Waals surface area (Å²) < 4.78 is 2.01. The Morgan fingerprint density at radius 3 is 2.90 bits per heavy atom. The predicted octanol–water partition coefficient (Wildman–Crippen LogP) is 3.40. The number of amides is 1. The molecule has 0 aliphatic carbocycles. The molecule has 2 rings (SSSR count). The molecule has 0 bridgehead atoms. The summed E-state index contributed by atoms with van der Waals surface area (Å²) in [5.74, 6) is -0.194. The number of rotatable bonds is 6. The Hall–Kier alpha value is -1.52. The average Bonchev–Trinajstić information content (AvgIpc) is 2.94. The van der Waals surface area contributed by atoms with Crippen molar-refractivity contribution >= 4 is 29.1 Å². The molecule has 0 fully saturated rings. The number of hydrogen-bond donors (Lipinski definition) is 1. The van der Waals surface area contributed by atoms with Gasteiger partial charge in [0, 0.05) is 30.5 Å². The van der Waals surface area contributed by atoms with Crippen molar-refractivity contribution in [2.24, 2.45) is 0 Å². The van der Waals surface area contributed by atoms with Gasteiger partial charge < -0.3 is 9.88 Å². The zero-order chi connectivity index (χ0) is 14.4. The lowest BCUT2D eigenvalue weighted by atomic mass is 10.2. The van der Waals surface area contributed by atoms with Gasteiger partial charge in [-0.15, -0.1) is 0 Å². The first-order chi connectivity index (χ1) is 9.66. The summed E-state index contributed by atoms with van der Waals surface area (Å²) in [7, 11) is 0. The van der Waals surface area contributed by atoms with Gasteiger partial charge in [-0.25, -0.2) is 4.98 Å². The van der Waals surface area contributed by atoms with E-state index >= 15 is 0 Å². The molecule has 0 atom stereocenters. The largest absolute Gasteiger partial charge is 0.352 e. The number of benzene rings is 1. The van der Waals surface area contributed by atoms with Crippen LogP contribution in [0.25, 0.3) is 0 Å². The van der Waals surface area contributed by atoms with E-state index in [1.165, 1.54) is 0 Å². The molecule has 1 amide bonds. The fraction of sp³-hybridized carbons (Fsp3) is 0.286. The third-order valence-electron chi connectivity index (χ3n) is 2.86. The second-order valence-electron chi connectivity index (χ2n) is 4.39. The van der Waals surface area contributed by atoms with Crippen LogP contribution in [0.2, 0.25) is 10.0 Å². The number of aryl methyl sites for hydroxylation is 1. The van der Waals surface area contributed by atoms with Crippen LogP contribution in [0.3, 0.4) is 0 Å². The number of hydrogen-bond acceptors (Lipinski definition) is 2. The van der Waals surface area contributed by atoms with Crippen molar-refractivity contribution in [2.45, 2.75) is 19.4 Å². The molecule has 2 aromatic rings. The molecule has 1 aromatic carbocycles. The zero-order valence-electron chi connectivity index (χ0n) is 10.9. The van der Waals surface area contributed by atoms with Crippen LogP contribution in [0.4, 0.5) is 0 Å². The molecular weight excluding hydrogens is 297 g/mol. The van der Waals surface area contributed by atoms with E-state index in [0.717, 1.165) is 19.4 Å². The van der Waals surface area contributed by atoms with Crippen LogP contribution in [0.15, 0.2) is 36.9 Å². The highest BCUT2D eigenvalue weighted by molar-refractivity contribution is 6.35. The van der Waals surface area contributed by atoms with E-state index in [1.54, 1.807) is 30.7 Å². The van der Waals surface area contributed by atoms with E-state index in [4.69, 9.17) is 23.2 Å².